The van der Waals surface area contributed by atoms with Gasteiger partial charge in [0, 0.05) is 28.9 Å². The molecule has 2 aromatic carbocycles. The van der Waals surface area contributed by atoms with Crippen molar-refractivity contribution in [3.8, 4) is 0 Å². The smallest absolute Gasteiger partial charge is 0.203 e. The van der Waals surface area contributed by atoms with Crippen LogP contribution in [0.25, 0.3) is 10.9 Å². The van der Waals surface area contributed by atoms with E-state index < -0.39 is 0 Å². The largest absolute Gasteiger partial charge is 0.360 e. The molecule has 6 nitrogen and oxygen atoms in total. The third kappa shape index (κ3) is 3.49. The predicted octanol–water partition coefficient (Wildman–Crippen LogP) is 5.12. The van der Waals surface area contributed by atoms with Crippen LogP contribution in [0.4, 0.5) is 11.5 Å². The molecule has 2 aromatic heterocycles. The van der Waals surface area contributed by atoms with Gasteiger partial charge >= 0.3 is 0 Å². The number of amidine groups is 1. The number of para-hydroxylation sites is 2. The van der Waals surface area contributed by atoms with Gasteiger partial charge in [-0.3, -0.25) is 5.43 Å². The molecule has 2 heterocycles. The van der Waals surface area contributed by atoms with Crippen LogP contribution in [0.1, 0.15) is 5.56 Å². The first-order valence-electron chi connectivity index (χ1n) is 8.18. The van der Waals surface area contributed by atoms with E-state index in [1.54, 1.807) is 12.3 Å². The van der Waals surface area contributed by atoms with Gasteiger partial charge in [0.2, 0.25) is 5.84 Å². The fourth-order valence-corrected chi connectivity index (χ4v) is 2.53. The number of azo groups is 1. The summed E-state index contributed by atoms with van der Waals surface area (Å²) < 4.78 is 0. The molecule has 0 aliphatic heterocycles. The number of aromatic amines is 1. The fraction of sp³-hybridized carbons (Fsp3) is 0. The van der Waals surface area contributed by atoms with Crippen molar-refractivity contribution in [3.05, 3.63) is 90.8 Å². The minimum atomic E-state index is 0.469. The molecule has 6 heteroatoms. The summed E-state index contributed by atoms with van der Waals surface area (Å²) >= 11 is 0. The van der Waals surface area contributed by atoms with Crippen LogP contribution in [-0.2, 0) is 0 Å². The summed E-state index contributed by atoms with van der Waals surface area (Å²) in [5.41, 5.74) is 5.79. The lowest BCUT2D eigenvalue weighted by Crippen LogP contribution is -2.00. The molecule has 0 bridgehead atoms. The first-order valence-corrected chi connectivity index (χ1v) is 8.18. The van der Waals surface area contributed by atoms with Crippen LogP contribution < -0.4 is 5.43 Å². The maximum Gasteiger partial charge on any atom is 0.203 e. The van der Waals surface area contributed by atoms with Crippen LogP contribution in [0.5, 0.6) is 0 Å². The summed E-state index contributed by atoms with van der Waals surface area (Å²) in [6, 6.07) is 23.2. The minimum Gasteiger partial charge on any atom is -0.360 e. The lowest BCUT2D eigenvalue weighted by Gasteiger charge is -2.02. The number of H-pyrrole nitrogens is 1. The molecule has 4 rings (SSSR count). The quantitative estimate of drug-likeness (QED) is 0.234. The molecular weight excluding hydrogens is 324 g/mol. The number of benzene rings is 2. The van der Waals surface area contributed by atoms with E-state index >= 15 is 0 Å². The van der Waals surface area contributed by atoms with Crippen molar-refractivity contribution in [2.75, 3.05) is 5.43 Å². The van der Waals surface area contributed by atoms with Crippen LogP contribution in [0, 0.1) is 0 Å². The lowest BCUT2D eigenvalue weighted by molar-refractivity contribution is 1.16. The van der Waals surface area contributed by atoms with E-state index in [0.717, 1.165) is 22.2 Å². The number of anilines is 1. The maximum atomic E-state index is 4.46. The zero-order valence-corrected chi connectivity index (χ0v) is 13.9. The molecule has 0 saturated heterocycles. The number of aromatic nitrogens is 2. The molecule has 2 N–H and O–H groups in total. The molecule has 0 aliphatic rings. The highest BCUT2D eigenvalue weighted by Crippen LogP contribution is 2.20. The van der Waals surface area contributed by atoms with Gasteiger partial charge in [-0.15, -0.1) is 10.2 Å². The van der Waals surface area contributed by atoms with E-state index in [1.165, 1.54) is 0 Å². The highest BCUT2D eigenvalue weighted by atomic mass is 15.3. The Morgan fingerprint density at radius 1 is 0.885 bits per heavy atom. The van der Waals surface area contributed by atoms with Gasteiger partial charge in [0.15, 0.2) is 5.82 Å². The Bertz CT molecular complexity index is 1050. The van der Waals surface area contributed by atoms with Crippen molar-refractivity contribution < 1.29 is 0 Å². The molecule has 0 aliphatic carbocycles. The normalized spacial score (nSPS) is 11.9. The van der Waals surface area contributed by atoms with Crippen LogP contribution in [0.2, 0.25) is 0 Å². The average Bonchev–Trinajstić information content (AvgIpc) is 3.14. The van der Waals surface area contributed by atoms with Crippen LogP contribution >= 0.6 is 0 Å². The Kier molecular flexibility index (Phi) is 4.47. The van der Waals surface area contributed by atoms with Crippen molar-refractivity contribution in [1.82, 2.24) is 9.97 Å². The van der Waals surface area contributed by atoms with E-state index in [0.29, 0.717) is 11.7 Å². The molecule has 0 radical (unpaired) electrons. The van der Waals surface area contributed by atoms with Crippen molar-refractivity contribution in [1.29, 1.82) is 0 Å². The van der Waals surface area contributed by atoms with Gasteiger partial charge in [-0.25, -0.2) is 4.98 Å². The van der Waals surface area contributed by atoms with Crippen molar-refractivity contribution in [2.24, 2.45) is 15.3 Å². The van der Waals surface area contributed by atoms with Gasteiger partial charge in [-0.2, -0.15) is 5.10 Å². The van der Waals surface area contributed by atoms with Crippen molar-refractivity contribution in [3.63, 3.8) is 0 Å². The second-order valence-corrected chi connectivity index (χ2v) is 5.55. The van der Waals surface area contributed by atoms with Crippen molar-refractivity contribution in [2.45, 2.75) is 0 Å². The van der Waals surface area contributed by atoms with Crippen LogP contribution in [-0.4, -0.2) is 15.8 Å². The Labute approximate surface area is 150 Å². The second kappa shape index (κ2) is 7.40. The molecular formula is C20H16N6. The zero-order valence-electron chi connectivity index (χ0n) is 13.9. The van der Waals surface area contributed by atoms with E-state index in [1.807, 2.05) is 72.9 Å². The molecule has 0 spiro atoms. The standard InChI is InChI=1S/C20H16N6/c1-2-8-15(9-3-1)23-25-20(26-24-19-12-6-7-13-21-19)17-14-22-18-11-5-4-10-16(17)18/h1-14,22-23H/b25-20-,26-24?. The Balaban J connectivity index is 1.72. The maximum absolute atomic E-state index is 4.46. The highest BCUT2D eigenvalue weighted by Gasteiger charge is 2.10. The van der Waals surface area contributed by atoms with E-state index in [9.17, 15) is 0 Å². The number of hydrazone groups is 1. The molecule has 0 amide bonds. The SMILES string of the molecule is c1ccc(N/N=C(\N=Nc2ccccn2)c2c[nH]c3ccccc23)cc1. The summed E-state index contributed by atoms with van der Waals surface area (Å²) in [6.45, 7) is 0. The molecule has 0 unspecified atom stereocenters. The number of nitrogens with zero attached hydrogens (tertiary/aromatic N) is 4. The number of nitrogens with one attached hydrogen (secondary N) is 2. The summed E-state index contributed by atoms with van der Waals surface area (Å²) in [5.74, 6) is 0.997. The first kappa shape index (κ1) is 15.7. The van der Waals surface area contributed by atoms with Gasteiger partial charge in [-0.1, -0.05) is 42.5 Å². The molecule has 4 aromatic rings. The Morgan fingerprint density at radius 3 is 2.54 bits per heavy atom. The topological polar surface area (TPSA) is 77.8 Å². The first-order chi connectivity index (χ1) is 12.9. The Hall–Kier alpha value is -3.80. The van der Waals surface area contributed by atoms with Crippen LogP contribution in [0.3, 0.4) is 0 Å². The molecule has 26 heavy (non-hydrogen) atoms. The molecule has 0 fully saturated rings. The summed E-state index contributed by atoms with van der Waals surface area (Å²) in [5, 5.41) is 14.0. The lowest BCUT2D eigenvalue weighted by atomic mass is 10.1. The van der Waals surface area contributed by atoms with E-state index in [4.69, 9.17) is 0 Å². The average molecular weight is 340 g/mol. The van der Waals surface area contributed by atoms with Gasteiger partial charge in [-0.05, 0) is 30.3 Å². The minimum absolute atomic E-state index is 0.469. The van der Waals surface area contributed by atoms with Gasteiger partial charge in [0.1, 0.15) is 0 Å². The number of pyridine rings is 1. The van der Waals surface area contributed by atoms with Crippen LogP contribution in [0.15, 0.2) is 101 Å². The molecule has 126 valence electrons. The summed E-state index contributed by atoms with van der Waals surface area (Å²) in [4.78, 5) is 7.41. The number of fused-ring (bicyclic) bond motifs is 1. The number of hydrogen-bond donors (Lipinski definition) is 2. The van der Waals surface area contributed by atoms with Crippen molar-refractivity contribution >= 4 is 28.2 Å². The third-order valence-electron chi connectivity index (χ3n) is 3.79. The third-order valence-corrected chi connectivity index (χ3v) is 3.79. The number of hydrogen-bond acceptors (Lipinski definition) is 4. The molecule has 0 atom stereocenters. The second-order valence-electron chi connectivity index (χ2n) is 5.55. The summed E-state index contributed by atoms with van der Waals surface area (Å²) in [7, 11) is 0. The van der Waals surface area contributed by atoms with E-state index in [-0.39, 0.29) is 0 Å². The molecule has 0 saturated carbocycles. The Morgan fingerprint density at radius 2 is 1.69 bits per heavy atom. The zero-order chi connectivity index (χ0) is 17.6. The monoisotopic (exact) mass is 340 g/mol. The van der Waals surface area contributed by atoms with Gasteiger partial charge in [0.05, 0.1) is 5.69 Å². The van der Waals surface area contributed by atoms with E-state index in [2.05, 4.69) is 30.7 Å². The van der Waals surface area contributed by atoms with Gasteiger partial charge < -0.3 is 4.98 Å². The summed E-state index contributed by atoms with van der Waals surface area (Å²) in [6.07, 6.45) is 3.56. The predicted molar refractivity (Wildman–Crippen MR) is 104 cm³/mol. The van der Waals surface area contributed by atoms with Gasteiger partial charge in [0.25, 0.3) is 0 Å². The fourth-order valence-electron chi connectivity index (χ4n) is 2.53. The number of rotatable bonds is 4. The highest BCUT2D eigenvalue weighted by molar-refractivity contribution is 6.10.